The van der Waals surface area contributed by atoms with Crippen LogP contribution in [0.25, 0.3) is 10.8 Å². The summed E-state index contributed by atoms with van der Waals surface area (Å²) in [5.41, 5.74) is -2.93. The normalized spacial score (nSPS) is 11.3. The predicted octanol–water partition coefficient (Wildman–Crippen LogP) is -0.791. The Bertz CT molecular complexity index is 1010. The maximum Gasteiger partial charge on any atom is 0.297 e. The lowest BCUT2D eigenvalue weighted by molar-refractivity contribution is 1.22. The van der Waals surface area contributed by atoms with Gasteiger partial charge in [0.1, 0.15) is 10.6 Å². The van der Waals surface area contributed by atoms with E-state index in [9.17, 15) is 19.2 Å². The Hall–Kier alpha value is -2.56. The van der Waals surface area contributed by atoms with Crippen molar-refractivity contribution in [1.29, 1.82) is 0 Å². The first-order valence-corrected chi connectivity index (χ1v) is 4.89. The Morgan fingerprint density at radius 3 is 2.00 bits per heavy atom. The van der Waals surface area contributed by atoms with Gasteiger partial charge in [-0.05, 0) is 0 Å². The molecule has 82 valence electrons. The summed E-state index contributed by atoms with van der Waals surface area (Å²) < 4.78 is 0. The molecule has 1 aliphatic heterocycles. The third-order valence-electron chi connectivity index (χ3n) is 2.79. The van der Waals surface area contributed by atoms with E-state index in [-0.39, 0.29) is 21.3 Å². The van der Waals surface area contributed by atoms with E-state index in [4.69, 9.17) is 0 Å². The van der Waals surface area contributed by atoms with Gasteiger partial charge in [0.2, 0.25) is 5.43 Å². The van der Waals surface area contributed by atoms with E-state index in [1.54, 1.807) is 12.1 Å². The first-order chi connectivity index (χ1) is 8.11. The van der Waals surface area contributed by atoms with Crippen LogP contribution < -0.4 is 21.8 Å². The molecule has 17 heavy (non-hydrogen) atoms. The molecule has 0 radical (unpaired) electrons. The number of aromatic nitrogens is 1. The molecule has 1 aliphatic carbocycles. The molecule has 0 fully saturated rings. The Balaban J connectivity index is 2.98. The zero-order chi connectivity index (χ0) is 12.2. The fraction of sp³-hybridized carbons (Fsp3) is 0. The molecule has 5 nitrogen and oxygen atoms in total. The summed E-state index contributed by atoms with van der Waals surface area (Å²) in [6.45, 7) is 0. The molecule has 0 saturated carbocycles. The van der Waals surface area contributed by atoms with E-state index >= 15 is 0 Å². The molecule has 2 aliphatic rings. The molecule has 3 rings (SSSR count). The number of nitrogens with one attached hydrogen (secondary N) is 1. The van der Waals surface area contributed by atoms with Gasteiger partial charge in [0.25, 0.3) is 11.0 Å². The highest BCUT2D eigenvalue weighted by atomic mass is 16.2. The van der Waals surface area contributed by atoms with Crippen molar-refractivity contribution in [3.63, 3.8) is 0 Å². The van der Waals surface area contributed by atoms with Crippen LogP contribution in [0.3, 0.4) is 0 Å². The van der Waals surface area contributed by atoms with Crippen LogP contribution in [0.4, 0.5) is 0 Å². The summed E-state index contributed by atoms with van der Waals surface area (Å²) in [6.07, 6.45) is 0. The van der Waals surface area contributed by atoms with Crippen LogP contribution in [0.2, 0.25) is 0 Å². The van der Waals surface area contributed by atoms with E-state index in [1.165, 1.54) is 12.1 Å². The molecule has 0 amide bonds. The van der Waals surface area contributed by atoms with Crippen molar-refractivity contribution in [1.82, 2.24) is 4.98 Å². The fourth-order valence-corrected chi connectivity index (χ4v) is 2.00. The molecule has 1 aromatic carbocycles. The molecule has 0 atom stereocenters. The Morgan fingerprint density at radius 1 is 0.765 bits per heavy atom. The molecule has 0 bridgehead atoms. The van der Waals surface area contributed by atoms with Crippen LogP contribution in [-0.4, -0.2) is 4.98 Å². The van der Waals surface area contributed by atoms with Crippen molar-refractivity contribution >= 4 is 10.8 Å². The second kappa shape index (κ2) is 2.98. The van der Waals surface area contributed by atoms with E-state index in [0.29, 0.717) is 0 Å². The van der Waals surface area contributed by atoms with Gasteiger partial charge in [0.05, 0.1) is 0 Å². The van der Waals surface area contributed by atoms with E-state index in [2.05, 4.69) is 4.98 Å². The second-order valence-corrected chi connectivity index (χ2v) is 3.74. The highest BCUT2D eigenvalue weighted by Crippen LogP contribution is 2.03. The predicted molar refractivity (Wildman–Crippen MR) is 61.1 cm³/mol. The van der Waals surface area contributed by atoms with Crippen molar-refractivity contribution in [2.24, 2.45) is 0 Å². The summed E-state index contributed by atoms with van der Waals surface area (Å²) in [5.74, 6) is 0. The van der Waals surface area contributed by atoms with Crippen LogP contribution in [0.1, 0.15) is 0 Å². The van der Waals surface area contributed by atoms with Crippen molar-refractivity contribution in [2.45, 2.75) is 0 Å². The van der Waals surface area contributed by atoms with Crippen molar-refractivity contribution in [3.05, 3.63) is 75.9 Å². The lowest BCUT2D eigenvalue weighted by Crippen LogP contribution is -2.24. The number of H-pyrrole nitrogens is 1. The highest BCUT2D eigenvalue weighted by Gasteiger charge is 2.13. The summed E-state index contributed by atoms with van der Waals surface area (Å²) in [6, 6.07) is 6.18. The molecule has 0 unspecified atom stereocenters. The first kappa shape index (κ1) is 9.65. The minimum atomic E-state index is -0.937. The van der Waals surface area contributed by atoms with Crippen LogP contribution in [-0.2, 0) is 0 Å². The Kier molecular flexibility index (Phi) is 1.69. The standard InChI is InChI=1S/C12H5NO4/c14-9-5-3-1-2-4-6(5)10(15)8-7(9)11(16)12(17)13-8/h1-4H,(H,13,16,17). The molecular weight excluding hydrogens is 222 g/mol. The van der Waals surface area contributed by atoms with Crippen molar-refractivity contribution < 1.29 is 0 Å². The van der Waals surface area contributed by atoms with Gasteiger partial charge in [0.15, 0.2) is 5.43 Å². The van der Waals surface area contributed by atoms with Gasteiger partial charge >= 0.3 is 0 Å². The first-order valence-electron chi connectivity index (χ1n) is 4.89. The van der Waals surface area contributed by atoms with Gasteiger partial charge in [-0.15, -0.1) is 0 Å². The molecule has 1 aromatic rings. The Labute approximate surface area is 92.3 Å². The number of rotatable bonds is 0. The quantitative estimate of drug-likeness (QED) is 0.510. The molecule has 0 aromatic heterocycles. The largest absolute Gasteiger partial charge is 0.315 e. The van der Waals surface area contributed by atoms with E-state index < -0.39 is 21.8 Å². The third-order valence-corrected chi connectivity index (χ3v) is 2.79. The third kappa shape index (κ3) is 1.08. The summed E-state index contributed by atoms with van der Waals surface area (Å²) >= 11 is 0. The SMILES string of the molecule is O=c1[nH]c2c(=O)c3ccccc3c(=O)c=2c1=O. The van der Waals surface area contributed by atoms with Crippen LogP contribution in [0, 0.1) is 10.6 Å². The van der Waals surface area contributed by atoms with E-state index in [1.807, 2.05) is 0 Å². The second-order valence-electron chi connectivity index (χ2n) is 3.74. The van der Waals surface area contributed by atoms with Gasteiger partial charge in [0, 0.05) is 10.8 Å². The highest BCUT2D eigenvalue weighted by molar-refractivity contribution is 5.81. The summed E-state index contributed by atoms with van der Waals surface area (Å²) in [4.78, 5) is 48.7. The lowest BCUT2D eigenvalue weighted by atomic mass is 10.1. The van der Waals surface area contributed by atoms with E-state index in [0.717, 1.165) is 0 Å². The average Bonchev–Trinajstić information content (AvgIpc) is 2.64. The Morgan fingerprint density at radius 2 is 1.35 bits per heavy atom. The maximum absolute atomic E-state index is 12.0. The molecule has 0 saturated heterocycles. The molecule has 1 N–H and O–H groups in total. The number of hydrogen-bond donors (Lipinski definition) is 1. The zero-order valence-electron chi connectivity index (χ0n) is 8.44. The van der Waals surface area contributed by atoms with Crippen molar-refractivity contribution in [2.75, 3.05) is 0 Å². The molecule has 0 spiro atoms. The molecule has 1 heterocycles. The lowest BCUT2D eigenvalue weighted by Gasteiger charge is -1.92. The van der Waals surface area contributed by atoms with Crippen LogP contribution in [0.5, 0.6) is 0 Å². The van der Waals surface area contributed by atoms with Gasteiger partial charge in [-0.1, -0.05) is 24.3 Å². The average molecular weight is 227 g/mol. The van der Waals surface area contributed by atoms with Gasteiger partial charge < -0.3 is 4.98 Å². The molecular formula is C12H5NO4. The van der Waals surface area contributed by atoms with Crippen LogP contribution in [0.15, 0.2) is 43.4 Å². The van der Waals surface area contributed by atoms with Gasteiger partial charge in [-0.2, -0.15) is 0 Å². The smallest absolute Gasteiger partial charge is 0.297 e. The van der Waals surface area contributed by atoms with Gasteiger partial charge in [-0.3, -0.25) is 19.2 Å². The summed E-state index contributed by atoms with van der Waals surface area (Å²) in [7, 11) is 0. The van der Waals surface area contributed by atoms with Crippen molar-refractivity contribution in [3.8, 4) is 0 Å². The van der Waals surface area contributed by atoms with Crippen LogP contribution >= 0.6 is 0 Å². The summed E-state index contributed by atoms with van der Waals surface area (Å²) in [5, 5.41) is -0.144. The molecule has 5 heteroatoms. The zero-order valence-corrected chi connectivity index (χ0v) is 8.44. The number of aromatic amines is 1. The topological polar surface area (TPSA) is 84.1 Å². The minimum absolute atomic E-state index is 0.168. The fourth-order valence-electron chi connectivity index (χ4n) is 2.00. The number of benzene rings is 1. The van der Waals surface area contributed by atoms with Gasteiger partial charge in [-0.25, -0.2) is 0 Å². The maximum atomic E-state index is 12.0. The monoisotopic (exact) mass is 227 g/mol. The minimum Gasteiger partial charge on any atom is -0.315 e. The number of hydrogen-bond acceptors (Lipinski definition) is 4. The number of fused-ring (bicyclic) bond motifs is 1.